The SMILES string of the molecule is CC.CCC(C)(c1cccc2ccn3c4ccccc4nc3c12)C(C)C. The summed E-state index contributed by atoms with van der Waals surface area (Å²) in [5.74, 6) is 0.567. The highest BCUT2D eigenvalue weighted by Gasteiger charge is 2.31. The van der Waals surface area contributed by atoms with Crippen molar-refractivity contribution in [3.63, 3.8) is 0 Å². The molecular formula is C24H30N2. The monoisotopic (exact) mass is 346 g/mol. The number of para-hydroxylation sites is 2. The number of hydrogen-bond acceptors (Lipinski definition) is 1. The zero-order chi connectivity index (χ0) is 18.9. The Kier molecular flexibility index (Phi) is 5.04. The fourth-order valence-corrected chi connectivity index (χ4v) is 3.87. The first kappa shape index (κ1) is 18.4. The third kappa shape index (κ3) is 2.68. The minimum Gasteiger partial charge on any atom is -0.299 e. The third-order valence-electron chi connectivity index (χ3n) is 5.94. The van der Waals surface area contributed by atoms with Gasteiger partial charge in [0.1, 0.15) is 5.65 Å². The van der Waals surface area contributed by atoms with Gasteiger partial charge in [0, 0.05) is 11.6 Å². The fraction of sp³-hybridized carbons (Fsp3) is 0.375. The van der Waals surface area contributed by atoms with Gasteiger partial charge in [0.05, 0.1) is 11.0 Å². The smallest absolute Gasteiger partial charge is 0.146 e. The van der Waals surface area contributed by atoms with Gasteiger partial charge in [-0.25, -0.2) is 4.98 Å². The average Bonchev–Trinajstić information content (AvgIpc) is 3.07. The van der Waals surface area contributed by atoms with Crippen LogP contribution >= 0.6 is 0 Å². The van der Waals surface area contributed by atoms with E-state index in [9.17, 15) is 0 Å². The molecule has 0 saturated carbocycles. The minimum absolute atomic E-state index is 0.138. The number of pyridine rings is 1. The number of benzene rings is 2. The summed E-state index contributed by atoms with van der Waals surface area (Å²) in [5.41, 5.74) is 4.86. The van der Waals surface area contributed by atoms with Crippen molar-refractivity contribution in [2.75, 3.05) is 0 Å². The number of aromatic nitrogens is 2. The van der Waals surface area contributed by atoms with Gasteiger partial charge in [-0.1, -0.05) is 71.9 Å². The van der Waals surface area contributed by atoms with E-state index in [0.717, 1.165) is 17.6 Å². The van der Waals surface area contributed by atoms with Crippen LogP contribution in [0, 0.1) is 5.92 Å². The molecule has 0 bridgehead atoms. The molecule has 0 N–H and O–H groups in total. The second kappa shape index (κ2) is 7.11. The predicted molar refractivity (Wildman–Crippen MR) is 114 cm³/mol. The molecule has 0 amide bonds. The maximum absolute atomic E-state index is 4.97. The molecule has 136 valence electrons. The van der Waals surface area contributed by atoms with Crippen LogP contribution in [0.25, 0.3) is 27.5 Å². The van der Waals surface area contributed by atoms with Crippen LogP contribution in [0.4, 0.5) is 0 Å². The van der Waals surface area contributed by atoms with Crippen LogP contribution in [0.15, 0.2) is 54.7 Å². The number of imidazole rings is 1. The van der Waals surface area contributed by atoms with E-state index in [1.807, 2.05) is 13.8 Å². The summed E-state index contributed by atoms with van der Waals surface area (Å²) in [6, 6.07) is 17.3. The number of fused-ring (bicyclic) bond motifs is 5. The molecule has 0 fully saturated rings. The molecule has 4 rings (SSSR count). The molecule has 0 aliphatic heterocycles. The van der Waals surface area contributed by atoms with E-state index in [2.05, 4.69) is 86.8 Å². The van der Waals surface area contributed by atoms with Gasteiger partial charge in [-0.3, -0.25) is 4.40 Å². The molecular weight excluding hydrogens is 316 g/mol. The molecule has 2 aromatic carbocycles. The maximum atomic E-state index is 4.97. The Labute approximate surface area is 156 Å². The molecule has 0 spiro atoms. The lowest BCUT2D eigenvalue weighted by Crippen LogP contribution is -2.28. The van der Waals surface area contributed by atoms with E-state index in [-0.39, 0.29) is 5.41 Å². The largest absolute Gasteiger partial charge is 0.299 e. The summed E-state index contributed by atoms with van der Waals surface area (Å²) in [6.07, 6.45) is 3.26. The Morgan fingerprint density at radius 2 is 1.73 bits per heavy atom. The lowest BCUT2D eigenvalue weighted by molar-refractivity contribution is 0.329. The zero-order valence-electron chi connectivity index (χ0n) is 16.9. The van der Waals surface area contributed by atoms with Crippen molar-refractivity contribution in [2.45, 2.75) is 53.4 Å². The molecule has 0 aliphatic rings. The maximum Gasteiger partial charge on any atom is 0.146 e. The van der Waals surface area contributed by atoms with Gasteiger partial charge in [-0.2, -0.15) is 0 Å². The summed E-state index contributed by atoms with van der Waals surface area (Å²) in [7, 11) is 0. The molecule has 0 saturated heterocycles. The van der Waals surface area contributed by atoms with E-state index < -0.39 is 0 Å². The van der Waals surface area contributed by atoms with Gasteiger partial charge in [-0.05, 0) is 46.9 Å². The summed E-state index contributed by atoms with van der Waals surface area (Å²) < 4.78 is 2.23. The van der Waals surface area contributed by atoms with Gasteiger partial charge >= 0.3 is 0 Å². The van der Waals surface area contributed by atoms with Gasteiger partial charge in [0.25, 0.3) is 0 Å². The Morgan fingerprint density at radius 1 is 1.00 bits per heavy atom. The fourth-order valence-electron chi connectivity index (χ4n) is 3.87. The molecule has 4 aromatic rings. The van der Waals surface area contributed by atoms with Gasteiger partial charge in [0.15, 0.2) is 0 Å². The van der Waals surface area contributed by atoms with E-state index in [1.165, 1.54) is 21.9 Å². The molecule has 2 heteroatoms. The van der Waals surface area contributed by atoms with E-state index in [0.29, 0.717) is 5.92 Å². The lowest BCUT2D eigenvalue weighted by atomic mass is 9.70. The Morgan fingerprint density at radius 3 is 2.42 bits per heavy atom. The van der Waals surface area contributed by atoms with E-state index in [1.54, 1.807) is 0 Å². The van der Waals surface area contributed by atoms with Gasteiger partial charge < -0.3 is 0 Å². The van der Waals surface area contributed by atoms with Crippen molar-refractivity contribution < 1.29 is 0 Å². The van der Waals surface area contributed by atoms with Crippen LogP contribution in [-0.4, -0.2) is 9.38 Å². The van der Waals surface area contributed by atoms with Crippen molar-refractivity contribution in [1.29, 1.82) is 0 Å². The summed E-state index contributed by atoms with van der Waals surface area (Å²) >= 11 is 0. The molecule has 26 heavy (non-hydrogen) atoms. The van der Waals surface area contributed by atoms with E-state index >= 15 is 0 Å². The van der Waals surface area contributed by atoms with Crippen LogP contribution in [0.2, 0.25) is 0 Å². The molecule has 2 nitrogen and oxygen atoms in total. The van der Waals surface area contributed by atoms with Crippen molar-refractivity contribution in [3.05, 3.63) is 60.3 Å². The second-order valence-electron chi connectivity index (χ2n) is 7.31. The van der Waals surface area contributed by atoms with Crippen LogP contribution in [0.3, 0.4) is 0 Å². The summed E-state index contributed by atoms with van der Waals surface area (Å²) in [6.45, 7) is 13.3. The first-order valence-electron chi connectivity index (χ1n) is 9.85. The summed E-state index contributed by atoms with van der Waals surface area (Å²) in [5, 5.41) is 2.57. The standard InChI is InChI=1S/C22H24N2.C2H6/c1-5-22(4,15(2)3)17-10-8-9-16-13-14-24-19-12-7-6-11-18(19)23-21(24)20(16)17;1-2/h6-15H,5H2,1-4H3;1-2H3. The molecule has 2 heterocycles. The van der Waals surface area contributed by atoms with Crippen molar-refractivity contribution in [3.8, 4) is 0 Å². The predicted octanol–water partition coefficient (Wildman–Crippen LogP) is 6.99. The van der Waals surface area contributed by atoms with Crippen LogP contribution in [-0.2, 0) is 5.41 Å². The average molecular weight is 347 g/mol. The molecule has 0 radical (unpaired) electrons. The van der Waals surface area contributed by atoms with Crippen molar-refractivity contribution in [1.82, 2.24) is 9.38 Å². The van der Waals surface area contributed by atoms with Gasteiger partial charge in [0.2, 0.25) is 0 Å². The molecule has 1 unspecified atom stereocenters. The zero-order valence-corrected chi connectivity index (χ0v) is 16.9. The Hall–Kier alpha value is -2.35. The highest BCUT2D eigenvalue weighted by Crippen LogP contribution is 2.40. The van der Waals surface area contributed by atoms with Crippen molar-refractivity contribution >= 4 is 27.5 Å². The second-order valence-corrected chi connectivity index (χ2v) is 7.31. The first-order chi connectivity index (χ1) is 12.6. The molecule has 1 atom stereocenters. The van der Waals surface area contributed by atoms with Crippen LogP contribution in [0.5, 0.6) is 0 Å². The third-order valence-corrected chi connectivity index (χ3v) is 5.94. The van der Waals surface area contributed by atoms with Gasteiger partial charge in [-0.15, -0.1) is 0 Å². The first-order valence-corrected chi connectivity index (χ1v) is 9.85. The van der Waals surface area contributed by atoms with Crippen LogP contribution < -0.4 is 0 Å². The van der Waals surface area contributed by atoms with Crippen LogP contribution in [0.1, 0.15) is 53.5 Å². The number of rotatable bonds is 3. The molecule has 2 aromatic heterocycles. The summed E-state index contributed by atoms with van der Waals surface area (Å²) in [4.78, 5) is 4.97. The van der Waals surface area contributed by atoms with Crippen molar-refractivity contribution in [2.24, 2.45) is 5.92 Å². The minimum atomic E-state index is 0.138. The van der Waals surface area contributed by atoms with E-state index in [4.69, 9.17) is 4.98 Å². The molecule has 0 aliphatic carbocycles. The lowest BCUT2D eigenvalue weighted by Gasteiger charge is -2.34. The topological polar surface area (TPSA) is 17.3 Å². The normalized spacial score (nSPS) is 13.8. The Bertz CT molecular complexity index is 1040. The number of hydrogen-bond donors (Lipinski definition) is 0. The Balaban J connectivity index is 0.000000948. The number of nitrogens with zero attached hydrogens (tertiary/aromatic N) is 2. The highest BCUT2D eigenvalue weighted by molar-refractivity contribution is 6.00. The quantitative estimate of drug-likeness (QED) is 0.391. The highest BCUT2D eigenvalue weighted by atomic mass is 15.0.